The molecule has 0 saturated carbocycles. The molecule has 0 aliphatic carbocycles. The van der Waals surface area contributed by atoms with E-state index in [1.165, 1.54) is 5.56 Å². The second-order valence-corrected chi connectivity index (χ2v) is 35.7. The zero-order valence-electron chi connectivity index (χ0n) is 79.6. The van der Waals surface area contributed by atoms with Gasteiger partial charge in [0, 0.05) is 96.5 Å². The van der Waals surface area contributed by atoms with E-state index >= 15 is 0 Å². The summed E-state index contributed by atoms with van der Waals surface area (Å²) in [7, 11) is 0. The Morgan fingerprint density at radius 3 is 0.940 bits per heavy atom. The number of aromatic hydroxyl groups is 15. The number of phenolic OH excluding ortho intramolecular Hbond substituents is 10. The molecule has 150 heavy (non-hydrogen) atoms. The van der Waals surface area contributed by atoms with Gasteiger partial charge in [0.25, 0.3) is 0 Å². The van der Waals surface area contributed by atoms with Crippen molar-refractivity contribution < 1.29 is 76.6 Å². The number of hydrogen-bond acceptors (Lipinski definition) is 25. The van der Waals surface area contributed by atoms with Gasteiger partial charge < -0.3 is 76.6 Å². The molecule has 0 amide bonds. The monoisotopic (exact) mass is 2050 g/mol. The fourth-order valence-electron chi connectivity index (χ4n) is 16.5. The van der Waals surface area contributed by atoms with Crippen LogP contribution in [0, 0.1) is 11.8 Å². The highest BCUT2D eigenvalue weighted by atomic mass is 79.9. The summed E-state index contributed by atoms with van der Waals surface area (Å²) >= 11 is 3.41. The molecule has 0 spiro atoms. The van der Waals surface area contributed by atoms with Gasteiger partial charge in [-0.05, 0) is 274 Å². The van der Waals surface area contributed by atoms with Gasteiger partial charge in [-0.15, -0.1) is 0 Å². The molecule has 23 aromatic rings. The molecule has 0 aliphatic rings. The summed E-state index contributed by atoms with van der Waals surface area (Å²) in [5.41, 5.74) is 22.0. The van der Waals surface area contributed by atoms with Crippen molar-refractivity contribution >= 4 is 56.3 Å². The summed E-state index contributed by atoms with van der Waals surface area (Å²) in [6, 6.07) is 97.3. The number of phenols is 10. The molecule has 15 N–H and O–H groups in total. The lowest BCUT2D eigenvalue weighted by atomic mass is 10.1. The third kappa shape index (κ3) is 23.5. The van der Waals surface area contributed by atoms with E-state index in [0.717, 1.165) is 78.9 Å². The molecule has 31 heteroatoms. The number of halogens is 1. The van der Waals surface area contributed by atoms with E-state index in [0.29, 0.717) is 140 Å². The third-order valence-electron chi connectivity index (χ3n) is 24.4. The maximum atomic E-state index is 11.0. The van der Waals surface area contributed by atoms with Gasteiger partial charge in [0.2, 0.25) is 29.4 Å². The van der Waals surface area contributed by atoms with Crippen molar-refractivity contribution in [3.8, 4) is 155 Å². The van der Waals surface area contributed by atoms with Crippen LogP contribution in [0.5, 0.6) is 86.9 Å². The Morgan fingerprint density at radius 2 is 0.533 bits per heavy atom. The molecule has 0 fully saturated rings. The SMILES string of the molecule is Oc1ccc(Cc2nc3c(/C=C\c4ccccc4)nc(-c4ccc(O)cc4)cn3c2O)cc1.Oc1ccc(Cc2nc3c(Br)nc(-c4ccc(O)cc4)cn3c2O)cc1.Oc1ccc(Cc2nc3c(C#Cc4ccccc4)nc(-c4ccc(O)cc4)cn3c2O)cc1.Oc1ccc(Cc2nc3c(CCc4ccccc4)nc(-c4ccc(O)cc4)cn3c2O)cc1.Oc1ccc(Cc2nc3cnc(-c4ccc(O)cc4)cn3c2O)cc1. The number of imidazole rings is 5. The Labute approximate surface area is 864 Å². The van der Waals surface area contributed by atoms with Crippen LogP contribution in [0.3, 0.4) is 0 Å². The summed E-state index contributed by atoms with van der Waals surface area (Å²) < 4.78 is 8.58. The van der Waals surface area contributed by atoms with Crippen LogP contribution in [-0.4, -0.2) is 148 Å². The Balaban J connectivity index is 0.000000118. The van der Waals surface area contributed by atoms with Crippen molar-refractivity contribution in [1.29, 1.82) is 0 Å². The molecule has 10 heterocycles. The summed E-state index contributed by atoms with van der Waals surface area (Å²) in [5, 5.41) is 149. The Bertz CT molecular complexity index is 8850. The van der Waals surface area contributed by atoms with Crippen LogP contribution in [0.4, 0.5) is 0 Å². The second-order valence-electron chi connectivity index (χ2n) is 35.0. The average Bonchev–Trinajstić information content (AvgIpc) is 1.62. The van der Waals surface area contributed by atoms with Crippen molar-refractivity contribution in [2.24, 2.45) is 0 Å². The molecule has 0 unspecified atom stereocenters. The largest absolute Gasteiger partial charge is 0.508 e. The minimum atomic E-state index is 0.00302. The molecule has 0 radical (unpaired) electrons. The predicted molar refractivity (Wildman–Crippen MR) is 573 cm³/mol. The fraction of sp³-hybridized carbons (Fsp3) is 0.0588. The van der Waals surface area contributed by atoms with E-state index in [9.17, 15) is 76.6 Å². The molecule has 740 valence electrons. The highest BCUT2D eigenvalue weighted by Gasteiger charge is 2.25. The summed E-state index contributed by atoms with van der Waals surface area (Å²) in [6.07, 6.45) is 17.6. The minimum absolute atomic E-state index is 0.00302. The van der Waals surface area contributed by atoms with Crippen molar-refractivity contribution in [3.05, 3.63) is 465 Å². The van der Waals surface area contributed by atoms with Crippen LogP contribution in [-0.2, 0) is 44.9 Å². The quantitative estimate of drug-likeness (QED) is 0.0315. The molecule has 0 aliphatic heterocycles. The minimum Gasteiger partial charge on any atom is -0.508 e. The van der Waals surface area contributed by atoms with E-state index in [2.05, 4.69) is 69.8 Å². The standard InChI is InChI=1S/C27H23N3O3.C27H21N3O3.C27H19N3O3.C19H14BrN3O3.C19H15N3O3/c3*31-21-11-6-19(7-12-21)16-24-27(33)30-17-25(20-9-13-22(32)14-10-20)28-23(26(30)29-24)15-8-18-4-2-1-3-5-18;20-17-18-22-15(9-11-1-5-13(24)6-2-11)19(26)23(18)10-16(21-17)12-3-7-14(25)8-4-12;23-14-5-1-12(2-6-14)9-16-19(25)22-11-17(20-10-18(22)21-16)13-3-7-15(24)8-4-13/h1-7,9-14,17,31-33H,8,15-16H2;1-15,17,31-33H,16H2;1-7,9-14,17,31-33H,16H2;1-8,10,24-26H,9H2;1-8,10-11,23-25H,9H2/b;15-8-;;;. The van der Waals surface area contributed by atoms with Crippen molar-refractivity contribution in [3.63, 3.8) is 0 Å². The number of benzene rings is 13. The normalized spacial score (nSPS) is 11.1. The van der Waals surface area contributed by atoms with Crippen LogP contribution < -0.4 is 0 Å². The summed E-state index contributed by atoms with van der Waals surface area (Å²) in [6.45, 7) is 0. The number of rotatable bonds is 20. The van der Waals surface area contributed by atoms with E-state index in [-0.39, 0.29) is 86.9 Å². The van der Waals surface area contributed by atoms with Gasteiger partial charge in [0.15, 0.2) is 33.9 Å². The van der Waals surface area contributed by atoms with Crippen LogP contribution >= 0.6 is 15.9 Å². The van der Waals surface area contributed by atoms with Crippen molar-refractivity contribution in [2.75, 3.05) is 0 Å². The molecular formula is C119H92BrN15O15. The van der Waals surface area contributed by atoms with E-state index in [4.69, 9.17) is 19.9 Å². The van der Waals surface area contributed by atoms with Gasteiger partial charge in [0.1, 0.15) is 96.3 Å². The topological polar surface area (TPSA) is 454 Å². The van der Waals surface area contributed by atoms with Gasteiger partial charge in [-0.1, -0.05) is 152 Å². The van der Waals surface area contributed by atoms with Crippen LogP contribution in [0.15, 0.2) is 375 Å². The highest BCUT2D eigenvalue weighted by Crippen LogP contribution is 2.38. The molecule has 10 aromatic heterocycles. The van der Waals surface area contributed by atoms with Gasteiger partial charge in [-0.25, -0.2) is 44.9 Å². The van der Waals surface area contributed by atoms with Crippen molar-refractivity contribution in [2.45, 2.75) is 44.9 Å². The van der Waals surface area contributed by atoms with E-state index in [1.807, 2.05) is 103 Å². The van der Waals surface area contributed by atoms with Gasteiger partial charge in [-0.3, -0.25) is 27.0 Å². The zero-order chi connectivity index (χ0) is 104. The van der Waals surface area contributed by atoms with Crippen LogP contribution in [0.25, 0.3) is 96.7 Å². The first kappa shape index (κ1) is 98.5. The maximum absolute atomic E-state index is 11.0. The van der Waals surface area contributed by atoms with E-state index in [1.54, 1.807) is 290 Å². The second kappa shape index (κ2) is 44.3. The number of nitrogens with zero attached hydrogens (tertiary/aromatic N) is 15. The lowest BCUT2D eigenvalue weighted by Crippen LogP contribution is -2.01. The van der Waals surface area contributed by atoms with Gasteiger partial charge in [0.05, 0.1) is 40.4 Å². The molecule has 13 aromatic carbocycles. The van der Waals surface area contributed by atoms with Crippen LogP contribution in [0.2, 0.25) is 0 Å². The molecule has 0 bridgehead atoms. The smallest absolute Gasteiger partial charge is 0.219 e. The summed E-state index contributed by atoms with van der Waals surface area (Å²) in [4.78, 5) is 46.2. The maximum Gasteiger partial charge on any atom is 0.219 e. The average molecular weight is 2050 g/mol. The number of hydrogen-bond donors (Lipinski definition) is 15. The highest BCUT2D eigenvalue weighted by molar-refractivity contribution is 9.10. The lowest BCUT2D eigenvalue weighted by Gasteiger charge is -2.08. The zero-order valence-corrected chi connectivity index (χ0v) is 81.2. The first-order chi connectivity index (χ1) is 72.8. The first-order valence-electron chi connectivity index (χ1n) is 47.2. The molecule has 30 nitrogen and oxygen atoms in total. The number of aromatic nitrogens is 15. The third-order valence-corrected chi connectivity index (χ3v) is 24.9. The van der Waals surface area contributed by atoms with Crippen LogP contribution in [0.1, 0.15) is 90.1 Å². The fourth-order valence-corrected chi connectivity index (χ4v) is 17.0. The first-order valence-corrected chi connectivity index (χ1v) is 48.0. The predicted octanol–water partition coefficient (Wildman–Crippen LogP) is 21.6. The summed E-state index contributed by atoms with van der Waals surface area (Å²) in [5.74, 6) is 8.26. The van der Waals surface area contributed by atoms with Gasteiger partial charge >= 0.3 is 0 Å². The van der Waals surface area contributed by atoms with E-state index < -0.39 is 0 Å². The molecule has 0 saturated heterocycles. The Kier molecular flexibility index (Phi) is 29.1. The molecule has 0 atom stereocenters. The molecule has 23 rings (SSSR count). The Hall–Kier alpha value is -20.3. The number of fused-ring (bicyclic) bond motifs is 5. The van der Waals surface area contributed by atoms with Crippen molar-refractivity contribution in [1.82, 2.24) is 71.8 Å². The Morgan fingerprint density at radius 1 is 0.233 bits per heavy atom. The lowest BCUT2D eigenvalue weighted by molar-refractivity contribution is 0.441. The molecular weight excluding hydrogens is 1960 g/mol. The van der Waals surface area contributed by atoms with Gasteiger partial charge in [-0.2, -0.15) is 0 Å². The number of aryl methyl sites for hydroxylation is 2.